The number of carbonyl (C=O) groups is 2. The fraction of sp³-hybridized carbons (Fsp3) is 0.316. The molecular weight excluding hydrogens is 656 g/mol. The number of morpholine rings is 2. The third-order valence-corrected chi connectivity index (χ3v) is 8.16. The maximum absolute atomic E-state index is 12.7. The summed E-state index contributed by atoms with van der Waals surface area (Å²) in [4.78, 5) is 28.8. The van der Waals surface area contributed by atoms with Gasteiger partial charge in [0.15, 0.2) is 0 Å². The second-order valence-corrected chi connectivity index (χ2v) is 11.6. The van der Waals surface area contributed by atoms with Crippen molar-refractivity contribution in [1.29, 1.82) is 0 Å². The van der Waals surface area contributed by atoms with E-state index in [9.17, 15) is 27.2 Å². The van der Waals surface area contributed by atoms with Crippen LogP contribution in [0.15, 0.2) is 109 Å². The topological polar surface area (TPSA) is 77.5 Å². The van der Waals surface area contributed by atoms with Gasteiger partial charge in [-0.1, -0.05) is 97.1 Å². The van der Waals surface area contributed by atoms with Crippen LogP contribution in [-0.2, 0) is 45.0 Å². The molecule has 0 spiro atoms. The smallest absolute Gasteiger partial charge is 0.387 e. The highest BCUT2D eigenvalue weighted by molar-refractivity contribution is 5.82. The van der Waals surface area contributed by atoms with Crippen LogP contribution >= 0.6 is 0 Å². The zero-order valence-corrected chi connectivity index (χ0v) is 27.2. The Morgan fingerprint density at radius 2 is 0.920 bits per heavy atom. The fourth-order valence-corrected chi connectivity index (χ4v) is 5.76. The summed E-state index contributed by atoms with van der Waals surface area (Å²) >= 11 is 0. The Labute approximate surface area is 288 Å². The summed E-state index contributed by atoms with van der Waals surface area (Å²) in [5.41, 5.74) is 3.14. The maximum atomic E-state index is 12.7. The zero-order valence-electron chi connectivity index (χ0n) is 27.2. The molecule has 0 bridgehead atoms. The molecule has 2 aliphatic heterocycles. The molecule has 0 N–H and O–H groups in total. The number of hydrogen-bond acceptors (Lipinski definition) is 6. The van der Waals surface area contributed by atoms with Gasteiger partial charge in [-0.05, 0) is 34.4 Å². The number of ether oxygens (including phenoxy) is 4. The van der Waals surface area contributed by atoms with E-state index in [1.54, 1.807) is 46.2 Å². The Morgan fingerprint density at radius 3 is 1.30 bits per heavy atom. The molecule has 2 atom stereocenters. The molecule has 2 fully saturated rings. The third kappa shape index (κ3) is 10.5. The first-order valence-corrected chi connectivity index (χ1v) is 16.2. The Bertz CT molecular complexity index is 1540. The summed E-state index contributed by atoms with van der Waals surface area (Å²) < 4.78 is 70.4. The van der Waals surface area contributed by atoms with Crippen molar-refractivity contribution in [2.24, 2.45) is 0 Å². The first kappa shape index (κ1) is 36.3. The molecule has 0 radical (unpaired) electrons. The second-order valence-electron chi connectivity index (χ2n) is 11.6. The molecule has 6 rings (SSSR count). The van der Waals surface area contributed by atoms with E-state index in [4.69, 9.17) is 9.47 Å². The first-order valence-electron chi connectivity index (χ1n) is 16.2. The van der Waals surface area contributed by atoms with Gasteiger partial charge < -0.3 is 28.7 Å². The van der Waals surface area contributed by atoms with Crippen molar-refractivity contribution in [2.45, 2.75) is 51.4 Å². The molecule has 264 valence electrons. The van der Waals surface area contributed by atoms with E-state index in [0.717, 1.165) is 11.1 Å². The Morgan fingerprint density at radius 1 is 0.560 bits per heavy atom. The van der Waals surface area contributed by atoms with E-state index in [-0.39, 0.29) is 36.2 Å². The van der Waals surface area contributed by atoms with Gasteiger partial charge in [0.05, 0.1) is 13.2 Å². The highest BCUT2D eigenvalue weighted by Crippen LogP contribution is 2.26. The average Bonchev–Trinajstić information content (AvgIpc) is 3.11. The van der Waals surface area contributed by atoms with Crippen LogP contribution in [0.25, 0.3) is 0 Å². The van der Waals surface area contributed by atoms with Gasteiger partial charge in [0, 0.05) is 39.0 Å². The number of benzene rings is 4. The summed E-state index contributed by atoms with van der Waals surface area (Å²) in [5.74, 6) is -0.118. The van der Waals surface area contributed by atoms with Gasteiger partial charge in [-0.2, -0.15) is 17.6 Å². The summed E-state index contributed by atoms with van der Waals surface area (Å²) in [6.45, 7) is -2.93. The monoisotopic (exact) mass is 694 g/mol. The van der Waals surface area contributed by atoms with Crippen LogP contribution in [0.3, 0.4) is 0 Å². The number of nitrogens with zero attached hydrogens (tertiary/aromatic N) is 2. The van der Waals surface area contributed by atoms with Gasteiger partial charge in [0.2, 0.25) is 0 Å². The van der Waals surface area contributed by atoms with E-state index in [1.165, 1.54) is 12.1 Å². The predicted octanol–water partition coefficient (Wildman–Crippen LogP) is 6.52. The number of para-hydroxylation sites is 2. The third-order valence-electron chi connectivity index (χ3n) is 8.16. The molecule has 8 nitrogen and oxygen atoms in total. The lowest BCUT2D eigenvalue weighted by atomic mass is 10.0. The minimum Gasteiger partial charge on any atom is -0.435 e. The van der Waals surface area contributed by atoms with Crippen molar-refractivity contribution in [2.75, 3.05) is 26.3 Å². The van der Waals surface area contributed by atoms with Crippen LogP contribution in [0.1, 0.15) is 22.3 Å². The van der Waals surface area contributed by atoms with E-state index >= 15 is 0 Å². The van der Waals surface area contributed by atoms with E-state index in [1.807, 2.05) is 60.7 Å². The van der Waals surface area contributed by atoms with Gasteiger partial charge in [-0.3, -0.25) is 9.59 Å². The van der Waals surface area contributed by atoms with Crippen LogP contribution in [0.5, 0.6) is 11.5 Å². The minimum absolute atomic E-state index is 0.0779. The molecule has 12 heteroatoms. The first-order chi connectivity index (χ1) is 24.3. The predicted molar refractivity (Wildman–Crippen MR) is 177 cm³/mol. The highest BCUT2D eigenvalue weighted by Gasteiger charge is 2.32. The van der Waals surface area contributed by atoms with Crippen molar-refractivity contribution in [1.82, 2.24) is 9.80 Å². The Balaban J connectivity index is 0.000000194. The van der Waals surface area contributed by atoms with E-state index in [0.29, 0.717) is 50.5 Å². The summed E-state index contributed by atoms with van der Waals surface area (Å²) in [6, 6.07) is 32.4. The van der Waals surface area contributed by atoms with Crippen molar-refractivity contribution in [3.05, 3.63) is 131 Å². The quantitative estimate of drug-likeness (QED) is 0.157. The highest BCUT2D eigenvalue weighted by atomic mass is 19.3. The number of halogens is 4. The van der Waals surface area contributed by atoms with Crippen molar-refractivity contribution < 1.29 is 46.1 Å². The summed E-state index contributed by atoms with van der Waals surface area (Å²) in [7, 11) is 0. The van der Waals surface area contributed by atoms with Crippen LogP contribution in [0.2, 0.25) is 0 Å². The van der Waals surface area contributed by atoms with Crippen LogP contribution in [-0.4, -0.2) is 73.3 Å². The van der Waals surface area contributed by atoms with Gasteiger partial charge in [0.1, 0.15) is 23.7 Å². The molecule has 4 aromatic rings. The number of amides is 2. The van der Waals surface area contributed by atoms with E-state index in [2.05, 4.69) is 9.47 Å². The standard InChI is InChI=1S/2C19H19F2NO3/c2*20-19(21)25-16-9-5-4-8-15(16)12-17-18(23)22(10-11-24-17)13-14-6-2-1-3-7-14/h2*1-9,17,19H,10-13H2. The minimum atomic E-state index is -2.90. The van der Waals surface area contributed by atoms with Crippen LogP contribution in [0, 0.1) is 0 Å². The van der Waals surface area contributed by atoms with Gasteiger partial charge in [-0.15, -0.1) is 0 Å². The maximum Gasteiger partial charge on any atom is 0.387 e. The number of rotatable bonds is 12. The molecule has 4 aromatic carbocycles. The largest absolute Gasteiger partial charge is 0.435 e. The lowest BCUT2D eigenvalue weighted by molar-refractivity contribution is -0.154. The lowest BCUT2D eigenvalue weighted by Gasteiger charge is -2.32. The average molecular weight is 695 g/mol. The molecule has 2 heterocycles. The second kappa shape index (κ2) is 18.2. The number of carbonyl (C=O) groups excluding carboxylic acids is 2. The molecule has 0 aliphatic carbocycles. The molecule has 2 unspecified atom stereocenters. The molecule has 2 amide bonds. The van der Waals surface area contributed by atoms with Crippen molar-refractivity contribution in [3.8, 4) is 11.5 Å². The lowest BCUT2D eigenvalue weighted by Crippen LogP contribution is -2.48. The van der Waals surface area contributed by atoms with Gasteiger partial charge in [-0.25, -0.2) is 0 Å². The van der Waals surface area contributed by atoms with Crippen molar-refractivity contribution in [3.63, 3.8) is 0 Å². The molecular formula is C38H38F4N2O6. The summed E-state index contributed by atoms with van der Waals surface area (Å²) in [5, 5.41) is 0. The Kier molecular flexibility index (Phi) is 13.2. The molecule has 2 saturated heterocycles. The summed E-state index contributed by atoms with van der Waals surface area (Å²) in [6.07, 6.45) is -0.986. The van der Waals surface area contributed by atoms with Crippen molar-refractivity contribution >= 4 is 11.8 Å². The molecule has 0 saturated carbocycles. The SMILES string of the molecule is O=C1C(Cc2ccccc2OC(F)F)OCCN1Cc1ccccc1.O=C1C(Cc2ccccc2OC(F)F)OCCN1Cc1ccccc1. The van der Waals surface area contributed by atoms with Gasteiger partial charge in [0.25, 0.3) is 11.8 Å². The zero-order chi connectivity index (χ0) is 35.3. The Hall–Kier alpha value is -4.94. The van der Waals surface area contributed by atoms with Gasteiger partial charge >= 0.3 is 13.2 Å². The number of hydrogen-bond donors (Lipinski definition) is 0. The van der Waals surface area contributed by atoms with Crippen LogP contribution in [0.4, 0.5) is 17.6 Å². The fourth-order valence-electron chi connectivity index (χ4n) is 5.76. The van der Waals surface area contributed by atoms with Crippen LogP contribution < -0.4 is 9.47 Å². The molecule has 0 aromatic heterocycles. The molecule has 2 aliphatic rings. The molecule has 50 heavy (non-hydrogen) atoms. The normalized spacial score (nSPS) is 17.8. The number of alkyl halides is 4. The van der Waals surface area contributed by atoms with E-state index < -0.39 is 25.4 Å².